The standard InChI is InChI=1S/C22H18FN5O3S/c1-12(21(25)30)28(15-9-7-14(23)8-10-15)22-26-20(24)19(32-22)18(29)17-11-16(27-31-17)13-5-3-2-4-6-13/h2-12H,24H2,1H3,(H2,25,30). The summed E-state index contributed by atoms with van der Waals surface area (Å²) in [5.74, 6) is -1.58. The van der Waals surface area contributed by atoms with E-state index in [1.165, 1.54) is 35.2 Å². The Morgan fingerprint density at radius 3 is 2.47 bits per heavy atom. The third kappa shape index (κ3) is 4.08. The fraction of sp³-hybridized carbons (Fsp3) is 0.0909. The second-order valence-electron chi connectivity index (χ2n) is 6.91. The normalized spacial score (nSPS) is 11.8. The minimum absolute atomic E-state index is 0.00188. The van der Waals surface area contributed by atoms with Gasteiger partial charge in [0.25, 0.3) is 0 Å². The van der Waals surface area contributed by atoms with Crippen molar-refractivity contribution in [2.75, 3.05) is 10.6 Å². The molecular formula is C22H18FN5O3S. The number of nitrogens with zero attached hydrogens (tertiary/aromatic N) is 3. The molecule has 0 aliphatic heterocycles. The monoisotopic (exact) mass is 451 g/mol. The molecule has 4 aromatic rings. The van der Waals surface area contributed by atoms with Gasteiger partial charge in [-0.1, -0.05) is 46.8 Å². The van der Waals surface area contributed by atoms with Gasteiger partial charge < -0.3 is 20.9 Å². The lowest BCUT2D eigenvalue weighted by atomic mass is 10.1. The largest absolute Gasteiger partial charge is 0.382 e. The minimum Gasteiger partial charge on any atom is -0.382 e. The Morgan fingerprint density at radius 1 is 1.12 bits per heavy atom. The van der Waals surface area contributed by atoms with Gasteiger partial charge in [-0.05, 0) is 31.2 Å². The van der Waals surface area contributed by atoms with Crippen molar-refractivity contribution in [2.24, 2.45) is 5.73 Å². The van der Waals surface area contributed by atoms with Crippen LogP contribution in [0.5, 0.6) is 0 Å². The van der Waals surface area contributed by atoms with Gasteiger partial charge in [0.2, 0.25) is 17.5 Å². The van der Waals surface area contributed by atoms with E-state index < -0.39 is 23.5 Å². The molecule has 1 amide bonds. The van der Waals surface area contributed by atoms with Crippen molar-refractivity contribution in [2.45, 2.75) is 13.0 Å². The summed E-state index contributed by atoms with van der Waals surface area (Å²) in [7, 11) is 0. The van der Waals surface area contributed by atoms with E-state index in [2.05, 4.69) is 10.1 Å². The molecule has 0 saturated heterocycles. The van der Waals surface area contributed by atoms with E-state index in [4.69, 9.17) is 16.0 Å². The summed E-state index contributed by atoms with van der Waals surface area (Å²) in [5, 5.41) is 4.21. The van der Waals surface area contributed by atoms with E-state index >= 15 is 0 Å². The molecule has 2 aromatic heterocycles. The zero-order valence-electron chi connectivity index (χ0n) is 16.9. The van der Waals surface area contributed by atoms with Crippen molar-refractivity contribution in [1.29, 1.82) is 0 Å². The van der Waals surface area contributed by atoms with Crippen LogP contribution >= 0.6 is 11.3 Å². The van der Waals surface area contributed by atoms with Gasteiger partial charge in [-0.15, -0.1) is 0 Å². The minimum atomic E-state index is -0.830. The molecule has 0 saturated carbocycles. The summed E-state index contributed by atoms with van der Waals surface area (Å²) >= 11 is 0.971. The van der Waals surface area contributed by atoms with Gasteiger partial charge in [0.05, 0.1) is 0 Å². The van der Waals surface area contributed by atoms with Gasteiger partial charge in [0.1, 0.15) is 28.2 Å². The zero-order chi connectivity index (χ0) is 22.8. The molecule has 162 valence electrons. The number of hydrogen-bond acceptors (Lipinski definition) is 8. The lowest BCUT2D eigenvalue weighted by Gasteiger charge is -2.26. The molecule has 0 aliphatic rings. The number of anilines is 3. The first-order valence-electron chi connectivity index (χ1n) is 9.52. The Hall–Kier alpha value is -4.05. The van der Waals surface area contributed by atoms with E-state index in [0.717, 1.165) is 16.9 Å². The lowest BCUT2D eigenvalue weighted by molar-refractivity contribution is -0.118. The van der Waals surface area contributed by atoms with Crippen LogP contribution in [-0.4, -0.2) is 27.9 Å². The van der Waals surface area contributed by atoms with Gasteiger partial charge in [-0.25, -0.2) is 9.37 Å². The van der Waals surface area contributed by atoms with Gasteiger partial charge in [0.15, 0.2) is 5.13 Å². The van der Waals surface area contributed by atoms with E-state index in [0.29, 0.717) is 11.4 Å². The molecule has 1 atom stereocenters. The second kappa shape index (κ2) is 8.60. The maximum atomic E-state index is 13.4. The highest BCUT2D eigenvalue weighted by molar-refractivity contribution is 7.18. The van der Waals surface area contributed by atoms with E-state index in [1.54, 1.807) is 6.92 Å². The van der Waals surface area contributed by atoms with Crippen LogP contribution in [0.1, 0.15) is 22.4 Å². The topological polar surface area (TPSA) is 128 Å². The third-order valence-electron chi connectivity index (χ3n) is 4.76. The smallest absolute Gasteiger partial charge is 0.244 e. The summed E-state index contributed by atoms with van der Waals surface area (Å²) in [6, 6.07) is 15.4. The number of hydrogen-bond donors (Lipinski definition) is 2. The highest BCUT2D eigenvalue weighted by Gasteiger charge is 2.28. The molecule has 4 rings (SSSR count). The van der Waals surface area contributed by atoms with Crippen molar-refractivity contribution in [3.05, 3.63) is 77.1 Å². The number of benzene rings is 2. The molecule has 8 nitrogen and oxygen atoms in total. The first kappa shape index (κ1) is 21.2. The van der Waals surface area contributed by atoms with Gasteiger partial charge in [-0.2, -0.15) is 0 Å². The number of ketones is 1. The fourth-order valence-corrected chi connectivity index (χ4v) is 4.09. The third-order valence-corrected chi connectivity index (χ3v) is 5.83. The number of halogens is 1. The van der Waals surface area contributed by atoms with Gasteiger partial charge in [0, 0.05) is 17.3 Å². The Balaban J connectivity index is 1.69. The van der Waals surface area contributed by atoms with Crippen LogP contribution in [0.3, 0.4) is 0 Å². The molecule has 2 aromatic carbocycles. The molecule has 10 heteroatoms. The van der Waals surface area contributed by atoms with Crippen LogP contribution in [0.15, 0.2) is 65.2 Å². The molecule has 4 N–H and O–H groups in total. The maximum Gasteiger partial charge on any atom is 0.244 e. The lowest BCUT2D eigenvalue weighted by Crippen LogP contribution is -2.39. The highest BCUT2D eigenvalue weighted by atomic mass is 32.1. The molecule has 0 spiro atoms. The number of amides is 1. The fourth-order valence-electron chi connectivity index (χ4n) is 3.05. The summed E-state index contributed by atoms with van der Waals surface area (Å²) in [5.41, 5.74) is 13.3. The van der Waals surface area contributed by atoms with Gasteiger partial charge in [-0.3, -0.25) is 9.59 Å². The summed E-state index contributed by atoms with van der Waals surface area (Å²) in [6.45, 7) is 1.58. The predicted molar refractivity (Wildman–Crippen MR) is 119 cm³/mol. The van der Waals surface area contributed by atoms with Crippen molar-refractivity contribution < 1.29 is 18.5 Å². The van der Waals surface area contributed by atoms with Crippen molar-refractivity contribution >= 4 is 39.7 Å². The van der Waals surface area contributed by atoms with Crippen LogP contribution in [0.25, 0.3) is 11.3 Å². The average molecular weight is 451 g/mol. The molecule has 32 heavy (non-hydrogen) atoms. The number of primary amides is 1. The maximum absolute atomic E-state index is 13.4. The molecule has 2 heterocycles. The molecule has 0 aliphatic carbocycles. The zero-order valence-corrected chi connectivity index (χ0v) is 17.7. The number of aromatic nitrogens is 2. The van der Waals surface area contributed by atoms with Crippen molar-refractivity contribution in [3.63, 3.8) is 0 Å². The van der Waals surface area contributed by atoms with E-state index in [9.17, 15) is 14.0 Å². The summed E-state index contributed by atoms with van der Waals surface area (Å²) < 4.78 is 18.6. The van der Waals surface area contributed by atoms with Crippen molar-refractivity contribution in [3.8, 4) is 11.3 Å². The molecule has 0 fully saturated rings. The Bertz CT molecular complexity index is 1270. The second-order valence-corrected chi connectivity index (χ2v) is 7.88. The first-order valence-corrected chi connectivity index (χ1v) is 10.3. The van der Waals surface area contributed by atoms with Crippen LogP contribution in [0.4, 0.5) is 21.0 Å². The molecule has 1 unspecified atom stereocenters. The number of nitrogen functional groups attached to an aromatic ring is 1. The van der Waals surface area contributed by atoms with Crippen LogP contribution in [-0.2, 0) is 4.79 Å². The van der Waals surface area contributed by atoms with Gasteiger partial charge >= 0.3 is 0 Å². The van der Waals surface area contributed by atoms with Crippen LogP contribution in [0.2, 0.25) is 0 Å². The molecular weight excluding hydrogens is 433 g/mol. The van der Waals surface area contributed by atoms with Crippen molar-refractivity contribution in [1.82, 2.24) is 10.1 Å². The first-order chi connectivity index (χ1) is 15.3. The number of carbonyl (C=O) groups excluding carboxylic acids is 2. The van der Waals surface area contributed by atoms with E-state index in [-0.39, 0.29) is 21.6 Å². The van der Waals surface area contributed by atoms with Crippen LogP contribution in [0, 0.1) is 5.82 Å². The number of rotatable bonds is 7. The predicted octanol–water partition coefficient (Wildman–Crippen LogP) is 3.76. The number of carbonyl (C=O) groups is 2. The molecule has 0 bridgehead atoms. The van der Waals surface area contributed by atoms with E-state index in [1.807, 2.05) is 30.3 Å². The quantitative estimate of drug-likeness (QED) is 0.409. The Morgan fingerprint density at radius 2 is 1.81 bits per heavy atom. The summed E-state index contributed by atoms with van der Waals surface area (Å²) in [4.78, 5) is 30.8. The Kier molecular flexibility index (Phi) is 5.69. The SMILES string of the molecule is CC(C(N)=O)N(c1ccc(F)cc1)c1nc(N)c(C(=O)c2cc(-c3ccccc3)no2)s1. The average Bonchev–Trinajstić information content (AvgIpc) is 3.43. The Labute approximate surface area is 186 Å². The number of nitrogens with two attached hydrogens (primary N) is 2. The number of thiazole rings is 1. The van der Waals surface area contributed by atoms with Crippen LogP contribution < -0.4 is 16.4 Å². The highest BCUT2D eigenvalue weighted by Crippen LogP contribution is 2.36. The molecule has 0 radical (unpaired) electrons. The summed E-state index contributed by atoms with van der Waals surface area (Å²) in [6.07, 6.45) is 0.